The van der Waals surface area contributed by atoms with Gasteiger partial charge in [0.15, 0.2) is 0 Å². The predicted octanol–water partition coefficient (Wildman–Crippen LogP) is 3.48. The van der Waals surface area contributed by atoms with E-state index in [4.69, 9.17) is 18.0 Å². The molecule has 0 bridgehead atoms. The number of nitrogens with one attached hydrogen (secondary N) is 1. The van der Waals surface area contributed by atoms with E-state index in [1.165, 1.54) is 18.4 Å². The fourth-order valence-corrected chi connectivity index (χ4v) is 2.59. The second kappa shape index (κ2) is 4.88. The molecule has 0 amide bonds. The van der Waals surface area contributed by atoms with Gasteiger partial charge in [-0.05, 0) is 48.8 Å². The molecule has 3 heteroatoms. The molecule has 0 spiro atoms. The van der Waals surface area contributed by atoms with Crippen molar-refractivity contribution < 1.29 is 0 Å². The van der Waals surface area contributed by atoms with Crippen molar-refractivity contribution in [3.8, 4) is 0 Å². The van der Waals surface area contributed by atoms with Gasteiger partial charge in [0, 0.05) is 17.8 Å². The van der Waals surface area contributed by atoms with Gasteiger partial charge in [-0.1, -0.05) is 32.1 Å². The second-order valence-corrected chi connectivity index (χ2v) is 6.22. The van der Waals surface area contributed by atoms with Crippen molar-refractivity contribution in [2.24, 2.45) is 17.1 Å². The lowest BCUT2D eigenvalue weighted by atomic mass is 9.92. The molecule has 2 rings (SSSR count). The SMILES string of the molecule is Cc1ccc(C(N)=S)c(NCC2(C(C)C)CC2)c1. The molecule has 0 radical (unpaired) electrons. The van der Waals surface area contributed by atoms with Crippen LogP contribution in [0.5, 0.6) is 0 Å². The van der Waals surface area contributed by atoms with Crippen LogP contribution >= 0.6 is 12.2 Å². The minimum atomic E-state index is 0.465. The normalized spacial score (nSPS) is 16.7. The van der Waals surface area contributed by atoms with E-state index in [1.807, 2.05) is 6.07 Å². The number of anilines is 1. The first kappa shape index (κ1) is 13.3. The fraction of sp³-hybridized carbons (Fsp3) is 0.533. The van der Waals surface area contributed by atoms with Gasteiger partial charge in [-0.25, -0.2) is 0 Å². The van der Waals surface area contributed by atoms with Gasteiger partial charge < -0.3 is 11.1 Å². The summed E-state index contributed by atoms with van der Waals surface area (Å²) in [5.74, 6) is 0.725. The highest BCUT2D eigenvalue weighted by atomic mass is 32.1. The molecule has 0 unspecified atom stereocenters. The van der Waals surface area contributed by atoms with E-state index >= 15 is 0 Å². The van der Waals surface area contributed by atoms with Gasteiger partial charge in [0.25, 0.3) is 0 Å². The maximum absolute atomic E-state index is 5.77. The van der Waals surface area contributed by atoms with Crippen molar-refractivity contribution in [3.63, 3.8) is 0 Å². The lowest BCUT2D eigenvalue weighted by Crippen LogP contribution is -2.22. The van der Waals surface area contributed by atoms with E-state index in [1.54, 1.807) is 0 Å². The smallest absolute Gasteiger partial charge is 0.106 e. The molecule has 1 aliphatic carbocycles. The van der Waals surface area contributed by atoms with Gasteiger partial charge in [-0.2, -0.15) is 0 Å². The van der Waals surface area contributed by atoms with Crippen molar-refractivity contribution in [1.82, 2.24) is 0 Å². The molecule has 98 valence electrons. The van der Waals surface area contributed by atoms with Gasteiger partial charge in [0.05, 0.1) is 0 Å². The number of benzene rings is 1. The number of hydrogen-bond acceptors (Lipinski definition) is 2. The van der Waals surface area contributed by atoms with Crippen LogP contribution in [-0.2, 0) is 0 Å². The van der Waals surface area contributed by atoms with Gasteiger partial charge in [-0.3, -0.25) is 0 Å². The highest BCUT2D eigenvalue weighted by molar-refractivity contribution is 7.80. The molecule has 18 heavy (non-hydrogen) atoms. The highest BCUT2D eigenvalue weighted by Gasteiger charge is 2.44. The third-order valence-corrected chi connectivity index (χ3v) is 4.41. The first-order valence-corrected chi connectivity index (χ1v) is 7.00. The molecular formula is C15H22N2S. The number of thiocarbonyl (C=S) groups is 1. The Labute approximate surface area is 115 Å². The van der Waals surface area contributed by atoms with Crippen LogP contribution in [0.15, 0.2) is 18.2 Å². The molecule has 1 aromatic rings. The Kier molecular flexibility index (Phi) is 3.62. The van der Waals surface area contributed by atoms with Crippen LogP contribution in [0, 0.1) is 18.3 Å². The zero-order valence-electron chi connectivity index (χ0n) is 11.4. The van der Waals surface area contributed by atoms with Gasteiger partial charge in [0.1, 0.15) is 4.99 Å². The molecule has 1 aromatic carbocycles. The van der Waals surface area contributed by atoms with Crippen LogP contribution in [-0.4, -0.2) is 11.5 Å². The van der Waals surface area contributed by atoms with E-state index in [9.17, 15) is 0 Å². The van der Waals surface area contributed by atoms with Crippen LogP contribution < -0.4 is 11.1 Å². The number of rotatable bonds is 5. The summed E-state index contributed by atoms with van der Waals surface area (Å²) in [4.78, 5) is 0.465. The molecule has 0 atom stereocenters. The van der Waals surface area contributed by atoms with E-state index in [2.05, 4.69) is 38.2 Å². The molecule has 1 aliphatic rings. The summed E-state index contributed by atoms with van der Waals surface area (Å²) in [7, 11) is 0. The summed E-state index contributed by atoms with van der Waals surface area (Å²) in [5, 5.41) is 3.55. The molecule has 0 saturated heterocycles. The van der Waals surface area contributed by atoms with E-state index < -0.39 is 0 Å². The maximum Gasteiger partial charge on any atom is 0.106 e. The number of hydrogen-bond donors (Lipinski definition) is 2. The Balaban J connectivity index is 2.14. The van der Waals surface area contributed by atoms with Crippen molar-refractivity contribution in [2.75, 3.05) is 11.9 Å². The van der Waals surface area contributed by atoms with Crippen LogP contribution in [0.1, 0.15) is 37.8 Å². The summed E-state index contributed by atoms with van der Waals surface area (Å²) in [6, 6.07) is 6.19. The van der Waals surface area contributed by atoms with Crippen LogP contribution in [0.25, 0.3) is 0 Å². The summed E-state index contributed by atoms with van der Waals surface area (Å²) in [5.41, 5.74) is 9.51. The Morgan fingerprint density at radius 3 is 2.61 bits per heavy atom. The summed E-state index contributed by atoms with van der Waals surface area (Å²) in [6.07, 6.45) is 2.65. The van der Waals surface area contributed by atoms with Crippen LogP contribution in [0.4, 0.5) is 5.69 Å². The third kappa shape index (κ3) is 2.66. The number of nitrogens with two attached hydrogens (primary N) is 1. The van der Waals surface area contributed by atoms with Gasteiger partial charge in [-0.15, -0.1) is 0 Å². The lowest BCUT2D eigenvalue weighted by molar-refractivity contribution is 0.380. The molecular weight excluding hydrogens is 240 g/mol. The molecule has 0 heterocycles. The molecule has 0 aliphatic heterocycles. The summed E-state index contributed by atoms with van der Waals surface area (Å²) >= 11 is 5.11. The van der Waals surface area contributed by atoms with E-state index in [0.29, 0.717) is 10.4 Å². The number of aryl methyl sites for hydroxylation is 1. The Morgan fingerprint density at radius 2 is 2.11 bits per heavy atom. The average molecular weight is 262 g/mol. The zero-order chi connectivity index (χ0) is 13.3. The minimum absolute atomic E-state index is 0.465. The van der Waals surface area contributed by atoms with Crippen molar-refractivity contribution in [3.05, 3.63) is 29.3 Å². The Bertz CT molecular complexity index is 462. The Morgan fingerprint density at radius 1 is 1.44 bits per heavy atom. The largest absolute Gasteiger partial charge is 0.389 e. The fourth-order valence-electron chi connectivity index (χ4n) is 2.41. The first-order chi connectivity index (χ1) is 8.44. The zero-order valence-corrected chi connectivity index (χ0v) is 12.2. The lowest BCUT2D eigenvalue weighted by Gasteiger charge is -2.22. The third-order valence-electron chi connectivity index (χ3n) is 4.19. The maximum atomic E-state index is 5.77. The highest BCUT2D eigenvalue weighted by Crippen LogP contribution is 2.51. The van der Waals surface area contributed by atoms with Crippen molar-refractivity contribution in [2.45, 2.75) is 33.6 Å². The molecule has 3 N–H and O–H groups in total. The predicted molar refractivity (Wildman–Crippen MR) is 82.1 cm³/mol. The quantitative estimate of drug-likeness (QED) is 0.798. The van der Waals surface area contributed by atoms with E-state index in [0.717, 1.165) is 23.7 Å². The average Bonchev–Trinajstić information content (AvgIpc) is 3.07. The Hall–Kier alpha value is -1.09. The van der Waals surface area contributed by atoms with E-state index in [-0.39, 0.29) is 0 Å². The molecule has 1 saturated carbocycles. The van der Waals surface area contributed by atoms with Crippen LogP contribution in [0.3, 0.4) is 0 Å². The summed E-state index contributed by atoms with van der Waals surface area (Å²) < 4.78 is 0. The second-order valence-electron chi connectivity index (χ2n) is 5.78. The van der Waals surface area contributed by atoms with Crippen molar-refractivity contribution in [1.29, 1.82) is 0 Å². The minimum Gasteiger partial charge on any atom is -0.389 e. The topological polar surface area (TPSA) is 38.0 Å². The van der Waals surface area contributed by atoms with Gasteiger partial charge >= 0.3 is 0 Å². The summed E-state index contributed by atoms with van der Waals surface area (Å²) in [6.45, 7) is 7.71. The standard InChI is InChI=1S/C15H22N2S/c1-10(2)15(6-7-15)9-17-13-8-11(3)4-5-12(13)14(16)18/h4-5,8,10,17H,6-7,9H2,1-3H3,(H2,16,18). The molecule has 1 fully saturated rings. The monoisotopic (exact) mass is 262 g/mol. The molecule has 0 aromatic heterocycles. The molecule has 2 nitrogen and oxygen atoms in total. The van der Waals surface area contributed by atoms with Crippen LogP contribution in [0.2, 0.25) is 0 Å². The van der Waals surface area contributed by atoms with Crippen molar-refractivity contribution >= 4 is 22.9 Å². The van der Waals surface area contributed by atoms with Gasteiger partial charge in [0.2, 0.25) is 0 Å². The first-order valence-electron chi connectivity index (χ1n) is 6.59.